The second kappa shape index (κ2) is 9.70. The molecule has 150 valence electrons. The molecule has 1 heterocycles. The number of carbonyl (C=O) groups is 2. The molecule has 0 saturated heterocycles. The van der Waals surface area contributed by atoms with Crippen molar-refractivity contribution in [1.29, 1.82) is 0 Å². The summed E-state index contributed by atoms with van der Waals surface area (Å²) in [7, 11) is 1.54. The Hall–Kier alpha value is -3.39. The molecule has 29 heavy (non-hydrogen) atoms. The number of thiazole rings is 1. The highest BCUT2D eigenvalue weighted by Crippen LogP contribution is 2.17. The number of rotatable bonds is 8. The molecule has 3 rings (SSSR count). The maximum Gasteiger partial charge on any atom is 0.338 e. The number of anilines is 1. The molecule has 0 aliphatic rings. The normalized spacial score (nSPS) is 10.3. The lowest BCUT2D eigenvalue weighted by atomic mass is 10.2. The smallest absolute Gasteiger partial charge is 0.338 e. The summed E-state index contributed by atoms with van der Waals surface area (Å²) in [4.78, 5) is 28.4. The van der Waals surface area contributed by atoms with Gasteiger partial charge in [0.2, 0.25) is 0 Å². The number of hydrogen-bond acceptors (Lipinski definition) is 7. The summed E-state index contributed by atoms with van der Waals surface area (Å²) in [6.07, 6.45) is 0. The van der Waals surface area contributed by atoms with Crippen LogP contribution < -0.4 is 14.8 Å². The first-order valence-electron chi connectivity index (χ1n) is 8.78. The third-order valence-electron chi connectivity index (χ3n) is 3.83. The largest absolute Gasteiger partial charge is 0.497 e. The van der Waals surface area contributed by atoms with Crippen LogP contribution in [0.1, 0.15) is 21.1 Å². The van der Waals surface area contributed by atoms with E-state index in [-0.39, 0.29) is 0 Å². The molecule has 0 fully saturated rings. The Bertz CT molecular complexity index is 985. The van der Waals surface area contributed by atoms with Gasteiger partial charge in [0.05, 0.1) is 23.4 Å². The van der Waals surface area contributed by atoms with Crippen molar-refractivity contribution < 1.29 is 23.8 Å². The number of esters is 1. The van der Waals surface area contributed by atoms with Gasteiger partial charge >= 0.3 is 5.97 Å². The average molecular weight is 412 g/mol. The maximum atomic E-state index is 12.1. The molecular weight excluding hydrogens is 392 g/mol. The standard InChI is InChI=1S/C21H20N2O5S/c1-14-22-17(13-29-14)11-27-18-8-6-15(7-9-18)21(25)28-12-20(24)23-16-4-3-5-19(10-16)26-2/h3-10,13H,11-12H2,1-2H3,(H,23,24). The fourth-order valence-corrected chi connectivity index (χ4v) is 3.03. The molecule has 0 aliphatic heterocycles. The van der Waals surface area contributed by atoms with Crippen molar-refractivity contribution in [3.05, 3.63) is 70.2 Å². The summed E-state index contributed by atoms with van der Waals surface area (Å²) in [5.74, 6) is 0.201. The van der Waals surface area contributed by atoms with Gasteiger partial charge in [-0.3, -0.25) is 4.79 Å². The van der Waals surface area contributed by atoms with Gasteiger partial charge in [-0.25, -0.2) is 9.78 Å². The Labute approximate surface area is 172 Å². The minimum Gasteiger partial charge on any atom is -0.497 e. The summed E-state index contributed by atoms with van der Waals surface area (Å²) >= 11 is 1.56. The van der Waals surface area contributed by atoms with Crippen LogP contribution in [0, 0.1) is 6.92 Å². The molecule has 0 radical (unpaired) electrons. The first-order chi connectivity index (χ1) is 14.0. The molecule has 1 N–H and O–H groups in total. The van der Waals surface area contributed by atoms with E-state index < -0.39 is 18.5 Å². The van der Waals surface area contributed by atoms with Crippen molar-refractivity contribution >= 4 is 28.9 Å². The molecule has 7 nitrogen and oxygen atoms in total. The molecular formula is C21H20N2O5S. The quantitative estimate of drug-likeness (QED) is 0.566. The number of carbonyl (C=O) groups excluding carboxylic acids is 2. The summed E-state index contributed by atoms with van der Waals surface area (Å²) in [6.45, 7) is 1.90. The van der Waals surface area contributed by atoms with Gasteiger partial charge in [-0.2, -0.15) is 0 Å². The highest BCUT2D eigenvalue weighted by Gasteiger charge is 2.11. The second-order valence-corrected chi connectivity index (χ2v) is 7.09. The highest BCUT2D eigenvalue weighted by molar-refractivity contribution is 7.09. The van der Waals surface area contributed by atoms with Crippen LogP contribution in [0.4, 0.5) is 5.69 Å². The molecule has 0 unspecified atom stereocenters. The Morgan fingerprint density at radius 2 is 1.90 bits per heavy atom. The third kappa shape index (κ3) is 6.05. The van der Waals surface area contributed by atoms with Gasteiger partial charge in [0.15, 0.2) is 6.61 Å². The zero-order chi connectivity index (χ0) is 20.6. The van der Waals surface area contributed by atoms with Gasteiger partial charge in [-0.15, -0.1) is 11.3 Å². The summed E-state index contributed by atoms with van der Waals surface area (Å²) in [5, 5.41) is 5.57. The van der Waals surface area contributed by atoms with Gasteiger partial charge in [-0.1, -0.05) is 6.07 Å². The van der Waals surface area contributed by atoms with E-state index in [1.807, 2.05) is 12.3 Å². The molecule has 2 aromatic carbocycles. The predicted molar refractivity (Wildman–Crippen MR) is 110 cm³/mol. The van der Waals surface area contributed by atoms with Crippen LogP contribution in [-0.4, -0.2) is 30.6 Å². The zero-order valence-electron chi connectivity index (χ0n) is 16.0. The minimum atomic E-state index is -0.590. The Balaban J connectivity index is 1.46. The monoisotopic (exact) mass is 412 g/mol. The average Bonchev–Trinajstić information content (AvgIpc) is 3.16. The summed E-state index contributed by atoms with van der Waals surface area (Å²) in [5.41, 5.74) is 1.75. The number of hydrogen-bond donors (Lipinski definition) is 1. The highest BCUT2D eigenvalue weighted by atomic mass is 32.1. The van der Waals surface area contributed by atoms with Crippen LogP contribution >= 0.6 is 11.3 Å². The SMILES string of the molecule is COc1cccc(NC(=O)COC(=O)c2ccc(OCc3csc(C)n3)cc2)c1. The van der Waals surface area contributed by atoms with Crippen molar-refractivity contribution in [2.75, 3.05) is 19.0 Å². The number of amides is 1. The van der Waals surface area contributed by atoms with Gasteiger partial charge in [0, 0.05) is 17.1 Å². The molecule has 0 bridgehead atoms. The van der Waals surface area contributed by atoms with Gasteiger partial charge in [-0.05, 0) is 43.3 Å². The van der Waals surface area contributed by atoms with Crippen LogP contribution in [0.15, 0.2) is 53.9 Å². The van der Waals surface area contributed by atoms with E-state index in [4.69, 9.17) is 14.2 Å². The Morgan fingerprint density at radius 3 is 2.59 bits per heavy atom. The number of aromatic nitrogens is 1. The Morgan fingerprint density at radius 1 is 1.10 bits per heavy atom. The van der Waals surface area contributed by atoms with Crippen LogP contribution in [0.25, 0.3) is 0 Å². The molecule has 3 aromatic rings. The number of nitrogens with zero attached hydrogens (tertiary/aromatic N) is 1. The molecule has 1 aromatic heterocycles. The van der Waals surface area contributed by atoms with E-state index >= 15 is 0 Å². The lowest BCUT2D eigenvalue weighted by Crippen LogP contribution is -2.20. The van der Waals surface area contributed by atoms with Gasteiger partial charge < -0.3 is 19.5 Å². The van der Waals surface area contributed by atoms with Gasteiger partial charge in [0.25, 0.3) is 5.91 Å². The topological polar surface area (TPSA) is 86.8 Å². The van der Waals surface area contributed by atoms with Crippen LogP contribution in [0.5, 0.6) is 11.5 Å². The van der Waals surface area contributed by atoms with Crippen molar-refractivity contribution in [3.63, 3.8) is 0 Å². The van der Waals surface area contributed by atoms with Gasteiger partial charge in [0.1, 0.15) is 18.1 Å². The fraction of sp³-hybridized carbons (Fsp3) is 0.190. The molecule has 0 aliphatic carbocycles. The van der Waals surface area contributed by atoms with Crippen molar-refractivity contribution in [2.24, 2.45) is 0 Å². The third-order valence-corrected chi connectivity index (χ3v) is 4.65. The number of nitrogens with one attached hydrogen (secondary N) is 1. The van der Waals surface area contributed by atoms with Crippen molar-refractivity contribution in [1.82, 2.24) is 4.98 Å². The van der Waals surface area contributed by atoms with Crippen molar-refractivity contribution in [3.8, 4) is 11.5 Å². The first-order valence-corrected chi connectivity index (χ1v) is 9.66. The number of aryl methyl sites for hydroxylation is 1. The van der Waals surface area contributed by atoms with E-state index in [1.54, 1.807) is 67.0 Å². The molecule has 8 heteroatoms. The van der Waals surface area contributed by atoms with Crippen LogP contribution in [0.3, 0.4) is 0 Å². The first kappa shape index (κ1) is 20.3. The second-order valence-electron chi connectivity index (χ2n) is 6.03. The van der Waals surface area contributed by atoms with Crippen molar-refractivity contribution in [2.45, 2.75) is 13.5 Å². The number of ether oxygens (including phenoxy) is 3. The molecule has 0 saturated carbocycles. The predicted octanol–water partition coefficient (Wildman–Crippen LogP) is 3.83. The minimum absolute atomic E-state index is 0.330. The van der Waals surface area contributed by atoms with E-state index in [0.29, 0.717) is 29.4 Å². The summed E-state index contributed by atoms with van der Waals surface area (Å²) < 4.78 is 15.8. The van der Waals surface area contributed by atoms with Crippen LogP contribution in [0.2, 0.25) is 0 Å². The lowest BCUT2D eigenvalue weighted by molar-refractivity contribution is -0.119. The Kier molecular flexibility index (Phi) is 6.80. The zero-order valence-corrected chi connectivity index (χ0v) is 16.8. The lowest BCUT2D eigenvalue weighted by Gasteiger charge is -2.08. The molecule has 0 spiro atoms. The maximum absolute atomic E-state index is 12.1. The fourth-order valence-electron chi connectivity index (χ4n) is 2.43. The van der Waals surface area contributed by atoms with Crippen LogP contribution in [-0.2, 0) is 16.1 Å². The van der Waals surface area contributed by atoms with E-state index in [9.17, 15) is 9.59 Å². The van der Waals surface area contributed by atoms with E-state index in [1.165, 1.54) is 0 Å². The number of benzene rings is 2. The molecule has 1 amide bonds. The number of methoxy groups -OCH3 is 1. The van der Waals surface area contributed by atoms with E-state index in [0.717, 1.165) is 10.7 Å². The van der Waals surface area contributed by atoms with E-state index in [2.05, 4.69) is 10.3 Å². The summed E-state index contributed by atoms with van der Waals surface area (Å²) in [6, 6.07) is 13.4. The molecule has 0 atom stereocenters.